The summed E-state index contributed by atoms with van der Waals surface area (Å²) in [6, 6.07) is 12.7. The van der Waals surface area contributed by atoms with Crippen LogP contribution in [0.15, 0.2) is 60.7 Å². The van der Waals surface area contributed by atoms with Crippen LogP contribution in [0.25, 0.3) is 0 Å². The second-order valence-corrected chi connectivity index (χ2v) is 8.57. The van der Waals surface area contributed by atoms with E-state index in [9.17, 15) is 40.3 Å². The van der Waals surface area contributed by atoms with Crippen molar-refractivity contribution in [1.29, 1.82) is 0 Å². The predicted octanol–water partition coefficient (Wildman–Crippen LogP) is 6.71. The van der Waals surface area contributed by atoms with E-state index in [4.69, 9.17) is 4.74 Å². The molecule has 1 aliphatic rings. The van der Waals surface area contributed by atoms with Crippen LogP contribution in [0.2, 0.25) is 0 Å². The van der Waals surface area contributed by atoms with Gasteiger partial charge in [-0.15, -0.1) is 0 Å². The smallest absolute Gasteiger partial charge is 0.435 e. The topological polar surface area (TPSA) is 58.6 Å². The minimum atomic E-state index is -6.30. The lowest BCUT2D eigenvalue weighted by atomic mass is 9.93. The molecule has 3 aromatic carbocycles. The van der Waals surface area contributed by atoms with Crippen molar-refractivity contribution >= 4 is 23.2 Å². The van der Waals surface area contributed by atoms with Crippen LogP contribution in [0.5, 0.6) is 5.75 Å². The summed E-state index contributed by atoms with van der Waals surface area (Å²) in [5.41, 5.74) is -5.20. The fraction of sp³-hybridized carbons (Fsp3) is 0.231. The van der Waals surface area contributed by atoms with Crippen LogP contribution in [0.4, 0.5) is 42.1 Å². The van der Waals surface area contributed by atoms with E-state index in [0.717, 1.165) is 12.7 Å². The first-order valence-corrected chi connectivity index (χ1v) is 11.0. The summed E-state index contributed by atoms with van der Waals surface area (Å²) in [6.45, 7) is 2.01. The van der Waals surface area contributed by atoms with Gasteiger partial charge in [0.25, 0.3) is 11.8 Å². The second-order valence-electron chi connectivity index (χ2n) is 8.57. The van der Waals surface area contributed by atoms with Crippen molar-refractivity contribution in [2.45, 2.75) is 31.5 Å². The number of anilines is 2. The quantitative estimate of drug-likeness (QED) is 0.366. The van der Waals surface area contributed by atoms with E-state index < -0.39 is 35.2 Å². The van der Waals surface area contributed by atoms with Crippen molar-refractivity contribution in [3.05, 3.63) is 88.5 Å². The summed E-state index contributed by atoms with van der Waals surface area (Å²) in [6.07, 6.45) is -12.6. The lowest BCUT2D eigenvalue weighted by molar-refractivity contribution is -0.348. The van der Waals surface area contributed by atoms with E-state index in [2.05, 4.69) is 5.32 Å². The number of nitrogens with one attached hydrogen (secondary N) is 1. The largest absolute Gasteiger partial charge is 0.495 e. The molecule has 4 rings (SSSR count). The number of carbonyl (C=O) groups is 2. The molecule has 0 aliphatic carbocycles. The van der Waals surface area contributed by atoms with Crippen molar-refractivity contribution in [2.24, 2.45) is 0 Å². The lowest BCUT2D eigenvalue weighted by Gasteiger charge is -2.30. The monoisotopic (exact) mass is 540 g/mol. The third-order valence-corrected chi connectivity index (χ3v) is 6.21. The fourth-order valence-electron chi connectivity index (χ4n) is 4.18. The zero-order valence-corrected chi connectivity index (χ0v) is 19.8. The number of rotatable bonds is 5. The normalized spacial score (nSPS) is 13.9. The number of ether oxygens (including phenoxy) is 1. The first kappa shape index (κ1) is 27.0. The number of amides is 2. The molecule has 0 aromatic heterocycles. The minimum Gasteiger partial charge on any atom is -0.495 e. The highest BCUT2D eigenvalue weighted by atomic mass is 19.4. The minimum absolute atomic E-state index is 0.0471. The van der Waals surface area contributed by atoms with E-state index in [1.807, 2.05) is 0 Å². The highest BCUT2D eigenvalue weighted by molar-refractivity contribution is 6.11. The first-order valence-electron chi connectivity index (χ1n) is 11.0. The number of halogens is 7. The van der Waals surface area contributed by atoms with Crippen LogP contribution in [0, 0.1) is 6.92 Å². The number of hydrogen-bond donors (Lipinski definition) is 1. The van der Waals surface area contributed by atoms with Gasteiger partial charge in [-0.05, 0) is 48.4 Å². The van der Waals surface area contributed by atoms with Crippen molar-refractivity contribution in [2.75, 3.05) is 17.3 Å². The maximum absolute atomic E-state index is 14.4. The van der Waals surface area contributed by atoms with Gasteiger partial charge in [0, 0.05) is 22.4 Å². The van der Waals surface area contributed by atoms with Crippen LogP contribution in [0.1, 0.15) is 37.4 Å². The summed E-state index contributed by atoms with van der Waals surface area (Å²) in [4.78, 5) is 27.3. The summed E-state index contributed by atoms with van der Waals surface area (Å²) in [5, 5.41) is 2.35. The zero-order chi connectivity index (χ0) is 28.0. The molecule has 5 nitrogen and oxygen atoms in total. The van der Waals surface area contributed by atoms with Crippen LogP contribution in [0.3, 0.4) is 0 Å². The van der Waals surface area contributed by atoms with Crippen molar-refractivity contribution < 1.29 is 45.1 Å². The maximum atomic E-state index is 14.4. The Morgan fingerprint density at radius 3 is 2.18 bits per heavy atom. The van der Waals surface area contributed by atoms with Gasteiger partial charge in [0.05, 0.1) is 19.3 Å². The van der Waals surface area contributed by atoms with E-state index in [1.54, 1.807) is 37.3 Å². The van der Waals surface area contributed by atoms with E-state index in [-0.39, 0.29) is 35.8 Å². The number of hydrogen-bond acceptors (Lipinski definition) is 3. The number of nitrogens with zero attached hydrogens (tertiary/aromatic N) is 1. The van der Waals surface area contributed by atoms with Gasteiger partial charge in [0.2, 0.25) is 0 Å². The maximum Gasteiger partial charge on any atom is 0.435 e. The van der Waals surface area contributed by atoms with E-state index in [0.29, 0.717) is 22.9 Å². The number of fused-ring (bicyclic) bond motifs is 1. The third-order valence-electron chi connectivity index (χ3n) is 6.21. The van der Waals surface area contributed by atoms with Gasteiger partial charge in [-0.25, -0.2) is 4.39 Å². The molecular weight excluding hydrogens is 521 g/mol. The Kier molecular flexibility index (Phi) is 6.62. The molecule has 0 fully saturated rings. The molecule has 1 heterocycles. The molecule has 1 N–H and O–H groups in total. The Labute approximate surface area is 211 Å². The van der Waals surface area contributed by atoms with Crippen LogP contribution in [-0.2, 0) is 12.2 Å². The second kappa shape index (κ2) is 9.34. The summed E-state index contributed by atoms with van der Waals surface area (Å²) >= 11 is 0. The lowest BCUT2D eigenvalue weighted by Crippen LogP contribution is -2.50. The Morgan fingerprint density at radius 1 is 0.921 bits per heavy atom. The molecule has 0 spiro atoms. The summed E-state index contributed by atoms with van der Waals surface area (Å²) in [7, 11) is 0.941. The Hall–Kier alpha value is -4.09. The fourth-order valence-corrected chi connectivity index (χ4v) is 4.18. The predicted molar refractivity (Wildman–Crippen MR) is 124 cm³/mol. The van der Waals surface area contributed by atoms with Gasteiger partial charge < -0.3 is 15.0 Å². The van der Waals surface area contributed by atoms with Gasteiger partial charge in [-0.3, -0.25) is 9.59 Å². The molecule has 2 amide bonds. The third kappa shape index (κ3) is 4.44. The molecule has 200 valence electrons. The molecule has 1 aliphatic heterocycles. The van der Waals surface area contributed by atoms with Gasteiger partial charge >= 0.3 is 18.0 Å². The summed E-state index contributed by atoms with van der Waals surface area (Å²) in [5.74, 6) is -1.67. The summed E-state index contributed by atoms with van der Waals surface area (Å²) < 4.78 is 98.1. The standard InChI is InChI=1S/C26H19F7N2O3/c1-14-7-8-15(11-20(14)35-13-16-5-3-4-6-18(16)23(35)37)22(36)34-19-10-9-17(12-21(19)38-2)24(27,25(28,29)30)26(31,32)33/h3-12H,13H2,1-2H3,(H,34,36). The van der Waals surface area contributed by atoms with Gasteiger partial charge in [0.1, 0.15) is 5.75 Å². The molecule has 12 heteroatoms. The zero-order valence-electron chi connectivity index (χ0n) is 19.8. The molecule has 0 unspecified atom stereocenters. The van der Waals surface area contributed by atoms with E-state index >= 15 is 0 Å². The molecule has 0 saturated heterocycles. The number of benzene rings is 3. The Bertz CT molecular complexity index is 1400. The first-order chi connectivity index (χ1) is 17.7. The van der Waals surface area contributed by atoms with Gasteiger partial charge in [-0.2, -0.15) is 26.3 Å². The molecule has 0 bridgehead atoms. The van der Waals surface area contributed by atoms with Crippen molar-refractivity contribution in [3.8, 4) is 5.75 Å². The number of carbonyl (C=O) groups excluding carboxylic acids is 2. The molecule has 3 aromatic rings. The average Bonchev–Trinajstić information content (AvgIpc) is 3.18. The highest BCUT2D eigenvalue weighted by Gasteiger charge is 2.73. The van der Waals surface area contributed by atoms with E-state index in [1.165, 1.54) is 17.0 Å². The molecule has 0 radical (unpaired) electrons. The van der Waals surface area contributed by atoms with Crippen LogP contribution < -0.4 is 15.0 Å². The molecular formula is C26H19F7N2O3. The molecule has 0 atom stereocenters. The number of methoxy groups -OCH3 is 1. The highest BCUT2D eigenvalue weighted by Crippen LogP contribution is 2.54. The number of aryl methyl sites for hydroxylation is 1. The number of alkyl halides is 7. The van der Waals surface area contributed by atoms with Crippen LogP contribution in [-0.4, -0.2) is 31.3 Å². The van der Waals surface area contributed by atoms with Crippen LogP contribution >= 0.6 is 0 Å². The van der Waals surface area contributed by atoms with Crippen molar-refractivity contribution in [1.82, 2.24) is 0 Å². The Balaban J connectivity index is 1.64. The SMILES string of the molecule is COc1cc(C(F)(C(F)(F)F)C(F)(F)F)ccc1NC(=O)c1ccc(C)c(N2Cc3ccccc3C2=O)c1. The van der Waals surface area contributed by atoms with Gasteiger partial charge in [-0.1, -0.05) is 30.3 Å². The van der Waals surface area contributed by atoms with Crippen molar-refractivity contribution in [3.63, 3.8) is 0 Å². The molecule has 38 heavy (non-hydrogen) atoms. The average molecular weight is 540 g/mol. The Morgan fingerprint density at radius 2 is 1.58 bits per heavy atom. The van der Waals surface area contributed by atoms with Gasteiger partial charge in [0.15, 0.2) is 0 Å². The molecule has 0 saturated carbocycles.